The predicted molar refractivity (Wildman–Crippen MR) is 77.2 cm³/mol. The van der Waals surface area contributed by atoms with Gasteiger partial charge in [0.2, 0.25) is 10.0 Å². The number of nitrogens with zero attached hydrogens (tertiary/aromatic N) is 2. The molecular weight excluding hydrogens is 355 g/mol. The zero-order valence-electron chi connectivity index (χ0n) is 11.4. The molecule has 11 heteroatoms. The number of aliphatic imine (C=N–C) groups is 1. The zero-order chi connectivity index (χ0) is 16.9. The number of hydrogen-bond donors (Lipinski definition) is 1. The molecule has 2 aliphatic heterocycles. The molecule has 0 aliphatic carbocycles. The Hall–Kier alpha value is -1.59. The average Bonchev–Trinajstić information content (AvgIpc) is 3.02. The highest BCUT2D eigenvalue weighted by molar-refractivity contribution is 8.14. The number of amidine groups is 1. The minimum absolute atomic E-state index is 0.0627. The van der Waals surface area contributed by atoms with Crippen molar-refractivity contribution in [3.05, 3.63) is 30.3 Å². The number of thioether (sulfide) groups is 1. The Bertz CT molecular complexity index is 780. The van der Waals surface area contributed by atoms with E-state index >= 15 is 0 Å². The largest absolute Gasteiger partial charge is 0.437 e. The molecule has 0 spiro atoms. The highest BCUT2D eigenvalue weighted by Gasteiger charge is 2.68. The first-order valence-corrected chi connectivity index (χ1v) is 8.85. The second kappa shape index (κ2) is 5.21. The molecular formula is C12H10F3N3O3S2. The maximum Gasteiger partial charge on any atom is 0.437 e. The molecule has 3 rings (SSSR count). The van der Waals surface area contributed by atoms with Crippen LogP contribution in [-0.2, 0) is 14.8 Å². The van der Waals surface area contributed by atoms with Crippen LogP contribution in [0, 0.1) is 0 Å². The molecule has 0 unspecified atom stereocenters. The van der Waals surface area contributed by atoms with Gasteiger partial charge in [-0.1, -0.05) is 30.0 Å². The number of rotatable bonds is 3. The molecule has 1 saturated heterocycles. The van der Waals surface area contributed by atoms with Gasteiger partial charge in [0.05, 0.1) is 4.90 Å². The number of carbonyl (C=O) groups is 1. The Morgan fingerprint density at radius 1 is 1.26 bits per heavy atom. The molecule has 1 amide bonds. The lowest BCUT2D eigenvalue weighted by Gasteiger charge is -2.28. The van der Waals surface area contributed by atoms with Gasteiger partial charge in [0.1, 0.15) is 0 Å². The number of benzene rings is 1. The first-order valence-electron chi connectivity index (χ1n) is 6.38. The number of hydrogen-bond acceptors (Lipinski definition) is 5. The molecule has 0 bridgehead atoms. The number of halogens is 3. The van der Waals surface area contributed by atoms with Gasteiger partial charge in [-0.25, -0.2) is 13.4 Å². The fraction of sp³-hybridized carbons (Fsp3) is 0.333. The fourth-order valence-corrected chi connectivity index (χ4v) is 4.49. The molecule has 124 valence electrons. The molecule has 0 aromatic heterocycles. The standard InChI is InChI=1S/C12H10F3N3O3S2/c13-12(14,15)11(9(19)18-6-7-22-10(18)16-11)17-23(20,21)8-4-2-1-3-5-8/h1-5,17H,6-7H2/t11-/m1/s1. The molecule has 1 fully saturated rings. The molecule has 2 aliphatic rings. The highest BCUT2D eigenvalue weighted by atomic mass is 32.2. The average molecular weight is 365 g/mol. The molecule has 1 aromatic rings. The predicted octanol–water partition coefficient (Wildman–Crippen LogP) is 1.17. The summed E-state index contributed by atoms with van der Waals surface area (Å²) < 4.78 is 66.5. The number of carbonyl (C=O) groups excluding carboxylic acids is 1. The first-order chi connectivity index (χ1) is 10.7. The van der Waals surface area contributed by atoms with E-state index in [0.717, 1.165) is 28.8 Å². The Morgan fingerprint density at radius 2 is 1.91 bits per heavy atom. The van der Waals surface area contributed by atoms with E-state index in [1.165, 1.54) is 22.9 Å². The normalized spacial score (nSPS) is 24.7. The quantitative estimate of drug-likeness (QED) is 0.872. The number of fused-ring (bicyclic) bond motifs is 1. The fourth-order valence-electron chi connectivity index (χ4n) is 2.23. The van der Waals surface area contributed by atoms with Crippen LogP contribution in [0.2, 0.25) is 0 Å². The summed E-state index contributed by atoms with van der Waals surface area (Å²) in [5.41, 5.74) is -3.51. The summed E-state index contributed by atoms with van der Waals surface area (Å²) >= 11 is 0.977. The van der Waals surface area contributed by atoms with E-state index in [1.807, 2.05) is 0 Å². The number of nitrogens with one attached hydrogen (secondary N) is 1. The maximum atomic E-state index is 13.5. The summed E-state index contributed by atoms with van der Waals surface area (Å²) in [5.74, 6) is -1.01. The van der Waals surface area contributed by atoms with Crippen LogP contribution < -0.4 is 4.72 Å². The summed E-state index contributed by atoms with van der Waals surface area (Å²) in [6.45, 7) is 0.0627. The minimum atomic E-state index is -5.20. The molecule has 23 heavy (non-hydrogen) atoms. The van der Waals surface area contributed by atoms with Gasteiger partial charge in [-0.15, -0.1) is 0 Å². The van der Waals surface area contributed by atoms with Gasteiger partial charge in [0.25, 0.3) is 5.91 Å². The number of alkyl halides is 3. The van der Waals surface area contributed by atoms with Crippen LogP contribution in [-0.4, -0.2) is 48.5 Å². The Kier molecular flexibility index (Phi) is 3.69. The summed E-state index contributed by atoms with van der Waals surface area (Å²) in [4.78, 5) is 16.1. The van der Waals surface area contributed by atoms with Gasteiger partial charge in [0, 0.05) is 12.3 Å². The second-order valence-electron chi connectivity index (χ2n) is 4.83. The molecule has 1 atom stereocenters. The van der Waals surface area contributed by atoms with E-state index in [-0.39, 0.29) is 16.6 Å². The molecule has 1 N–H and O–H groups in total. The van der Waals surface area contributed by atoms with Crippen LogP contribution in [0.4, 0.5) is 13.2 Å². The van der Waals surface area contributed by atoms with Crippen molar-refractivity contribution in [1.82, 2.24) is 9.62 Å². The lowest BCUT2D eigenvalue weighted by molar-refractivity contribution is -0.194. The zero-order valence-corrected chi connectivity index (χ0v) is 13.0. The van der Waals surface area contributed by atoms with E-state index in [9.17, 15) is 26.4 Å². The maximum absolute atomic E-state index is 13.5. The third kappa shape index (κ3) is 2.52. The molecule has 1 aromatic carbocycles. The van der Waals surface area contributed by atoms with Crippen molar-refractivity contribution >= 4 is 32.9 Å². The van der Waals surface area contributed by atoms with Gasteiger partial charge in [-0.05, 0) is 12.1 Å². The van der Waals surface area contributed by atoms with Crippen molar-refractivity contribution in [2.75, 3.05) is 12.3 Å². The van der Waals surface area contributed by atoms with Crippen molar-refractivity contribution in [3.8, 4) is 0 Å². The summed E-state index contributed by atoms with van der Waals surface area (Å²) in [7, 11) is -4.58. The van der Waals surface area contributed by atoms with Crippen LogP contribution >= 0.6 is 11.8 Å². The van der Waals surface area contributed by atoms with Crippen molar-refractivity contribution in [1.29, 1.82) is 0 Å². The SMILES string of the molecule is O=C1N2CCSC2=N[C@]1(NS(=O)(=O)c1ccccc1)C(F)(F)F. The molecule has 0 radical (unpaired) electrons. The second-order valence-corrected chi connectivity index (χ2v) is 7.57. The first kappa shape index (κ1) is 16.3. The van der Waals surface area contributed by atoms with Gasteiger partial charge in [-0.3, -0.25) is 9.69 Å². The number of sulfonamides is 1. The lowest BCUT2D eigenvalue weighted by Crippen LogP contribution is -2.63. The summed E-state index contributed by atoms with van der Waals surface area (Å²) in [5, 5.41) is -0.122. The Labute approximate surface area is 133 Å². The topological polar surface area (TPSA) is 78.8 Å². The van der Waals surface area contributed by atoms with Gasteiger partial charge in [-0.2, -0.15) is 17.9 Å². The number of amides is 1. The lowest BCUT2D eigenvalue weighted by atomic mass is 10.1. The Morgan fingerprint density at radius 3 is 2.48 bits per heavy atom. The summed E-state index contributed by atoms with van der Waals surface area (Å²) in [6, 6.07) is 6.52. The monoisotopic (exact) mass is 365 g/mol. The van der Waals surface area contributed by atoms with Crippen LogP contribution in [0.3, 0.4) is 0 Å². The van der Waals surface area contributed by atoms with Crippen LogP contribution in [0.5, 0.6) is 0 Å². The molecule has 2 heterocycles. The van der Waals surface area contributed by atoms with Crippen molar-refractivity contribution in [3.63, 3.8) is 0 Å². The van der Waals surface area contributed by atoms with E-state index in [0.29, 0.717) is 5.75 Å². The Balaban J connectivity index is 2.07. The van der Waals surface area contributed by atoms with E-state index in [4.69, 9.17) is 0 Å². The van der Waals surface area contributed by atoms with Gasteiger partial charge in [0.15, 0.2) is 5.17 Å². The smallest absolute Gasteiger partial charge is 0.287 e. The van der Waals surface area contributed by atoms with E-state index in [1.54, 1.807) is 0 Å². The third-order valence-electron chi connectivity index (χ3n) is 3.34. The third-order valence-corrected chi connectivity index (χ3v) is 5.75. The van der Waals surface area contributed by atoms with E-state index < -0.39 is 27.8 Å². The van der Waals surface area contributed by atoms with Gasteiger partial charge < -0.3 is 0 Å². The van der Waals surface area contributed by atoms with Crippen LogP contribution in [0.15, 0.2) is 40.2 Å². The van der Waals surface area contributed by atoms with Crippen molar-refractivity contribution in [2.45, 2.75) is 16.7 Å². The van der Waals surface area contributed by atoms with Crippen LogP contribution in [0.1, 0.15) is 0 Å². The highest BCUT2D eigenvalue weighted by Crippen LogP contribution is 2.41. The van der Waals surface area contributed by atoms with E-state index in [2.05, 4.69) is 4.99 Å². The van der Waals surface area contributed by atoms with Crippen molar-refractivity contribution in [2.24, 2.45) is 4.99 Å². The molecule has 6 nitrogen and oxygen atoms in total. The molecule has 0 saturated carbocycles. The van der Waals surface area contributed by atoms with Crippen molar-refractivity contribution < 1.29 is 26.4 Å². The summed E-state index contributed by atoms with van der Waals surface area (Å²) in [6.07, 6.45) is -5.20. The minimum Gasteiger partial charge on any atom is -0.287 e. The van der Waals surface area contributed by atoms with Crippen LogP contribution in [0.25, 0.3) is 0 Å². The van der Waals surface area contributed by atoms with Gasteiger partial charge >= 0.3 is 11.8 Å².